The van der Waals surface area contributed by atoms with Crippen molar-refractivity contribution in [2.45, 2.75) is 0 Å². The predicted molar refractivity (Wildman–Crippen MR) is 215 cm³/mol. The Hall–Kier alpha value is -7.24. The number of aromatic nitrogens is 4. The van der Waals surface area contributed by atoms with Crippen LogP contribution in [0.2, 0.25) is 0 Å². The van der Waals surface area contributed by atoms with E-state index in [0.717, 1.165) is 72.2 Å². The quantitative estimate of drug-likeness (QED) is 0.175. The first-order chi connectivity index (χ1) is 26.2. The number of pyridine rings is 1. The summed E-state index contributed by atoms with van der Waals surface area (Å²) in [5, 5.41) is 3.42. The molecule has 0 aliphatic carbocycles. The molecule has 53 heavy (non-hydrogen) atoms. The summed E-state index contributed by atoms with van der Waals surface area (Å²) in [7, 11) is 0. The van der Waals surface area contributed by atoms with Gasteiger partial charge in [-0.15, -0.1) is 0 Å². The Morgan fingerprint density at radius 1 is 0.415 bits per heavy atom. The van der Waals surface area contributed by atoms with Crippen LogP contribution < -0.4 is 0 Å². The van der Waals surface area contributed by atoms with Crippen molar-refractivity contribution >= 4 is 32.8 Å². The van der Waals surface area contributed by atoms with Crippen molar-refractivity contribution in [2.75, 3.05) is 0 Å². The maximum Gasteiger partial charge on any atom is 0.228 e. The smallest absolute Gasteiger partial charge is 0.228 e. The summed E-state index contributed by atoms with van der Waals surface area (Å²) in [5.74, 6) is 1.28. The van der Waals surface area contributed by atoms with E-state index < -0.39 is 0 Å². The molecule has 10 aromatic rings. The van der Waals surface area contributed by atoms with Crippen LogP contribution in [0.25, 0.3) is 100 Å². The minimum atomic E-state index is 0.568. The molecular formula is C48H30N4O. The first kappa shape index (κ1) is 30.6. The van der Waals surface area contributed by atoms with E-state index in [4.69, 9.17) is 19.4 Å². The second kappa shape index (κ2) is 12.8. The Balaban J connectivity index is 1.07. The van der Waals surface area contributed by atoms with E-state index in [-0.39, 0.29) is 0 Å². The maximum atomic E-state index is 6.04. The van der Waals surface area contributed by atoms with Gasteiger partial charge >= 0.3 is 0 Å². The average Bonchev–Trinajstić information content (AvgIpc) is 3.67. The molecule has 0 fully saturated rings. The van der Waals surface area contributed by atoms with Gasteiger partial charge in [-0.3, -0.25) is 4.98 Å². The van der Waals surface area contributed by atoms with Gasteiger partial charge in [0, 0.05) is 28.9 Å². The van der Waals surface area contributed by atoms with E-state index in [0.29, 0.717) is 11.7 Å². The van der Waals surface area contributed by atoms with E-state index >= 15 is 0 Å². The number of hydrogen-bond acceptors (Lipinski definition) is 5. The summed E-state index contributed by atoms with van der Waals surface area (Å²) in [5.41, 5.74) is 13.1. The topological polar surface area (TPSA) is 64.7 Å². The second-order valence-corrected chi connectivity index (χ2v) is 13.1. The number of para-hydroxylation sites is 1. The van der Waals surface area contributed by atoms with Gasteiger partial charge in [0.25, 0.3) is 0 Å². The summed E-state index contributed by atoms with van der Waals surface area (Å²) in [6.07, 6.45) is 3.51. The Labute approximate surface area is 305 Å². The number of fused-ring (bicyclic) bond motifs is 3. The Morgan fingerprint density at radius 3 is 2.02 bits per heavy atom. The van der Waals surface area contributed by atoms with Crippen LogP contribution in [-0.2, 0) is 0 Å². The highest BCUT2D eigenvalue weighted by molar-refractivity contribution is 6.05. The van der Waals surface area contributed by atoms with Crippen molar-refractivity contribution in [2.24, 2.45) is 0 Å². The van der Waals surface area contributed by atoms with E-state index in [2.05, 4.69) is 132 Å². The van der Waals surface area contributed by atoms with Gasteiger partial charge < -0.3 is 4.42 Å². The van der Waals surface area contributed by atoms with Crippen LogP contribution in [0.1, 0.15) is 0 Å². The lowest BCUT2D eigenvalue weighted by atomic mass is 9.88. The Morgan fingerprint density at radius 2 is 1.15 bits per heavy atom. The molecule has 7 aromatic carbocycles. The normalized spacial score (nSPS) is 11.4. The van der Waals surface area contributed by atoms with Gasteiger partial charge in [-0.2, -0.15) is 0 Å². The van der Waals surface area contributed by atoms with Crippen molar-refractivity contribution in [3.05, 3.63) is 182 Å². The lowest BCUT2D eigenvalue weighted by Crippen LogP contribution is -1.95. The fourth-order valence-electron chi connectivity index (χ4n) is 7.22. The highest BCUT2D eigenvalue weighted by atomic mass is 16.3. The molecule has 10 rings (SSSR count). The summed E-state index contributed by atoms with van der Waals surface area (Å²) in [6.45, 7) is 0. The molecule has 0 aliphatic rings. The summed E-state index contributed by atoms with van der Waals surface area (Å²) in [6, 6.07) is 59.1. The predicted octanol–water partition coefficient (Wildman–Crippen LogP) is 12.3. The van der Waals surface area contributed by atoms with E-state index in [9.17, 15) is 0 Å². The third-order valence-electron chi connectivity index (χ3n) is 9.81. The number of rotatable bonds is 6. The standard InChI is InChI=1S/C48H30N4O/c1-2-11-34(12-3-1)47-50-42-18-7-6-17-41(42)46(52-47)37-14-8-13-36(28-37)45-39-16-5-4-10-32(39)23-25-40(45)33-21-19-31(20-22-33)35-24-26-44-43(29-35)51-48(53-44)38-15-9-27-49-30-38/h1-30H. The van der Waals surface area contributed by atoms with Crippen molar-refractivity contribution in [3.63, 3.8) is 0 Å². The molecule has 0 radical (unpaired) electrons. The Kier molecular flexibility index (Phi) is 7.40. The monoisotopic (exact) mass is 678 g/mol. The average molecular weight is 679 g/mol. The first-order valence-corrected chi connectivity index (χ1v) is 17.6. The second-order valence-electron chi connectivity index (χ2n) is 13.1. The number of hydrogen-bond donors (Lipinski definition) is 0. The van der Waals surface area contributed by atoms with Gasteiger partial charge in [-0.05, 0) is 80.6 Å². The van der Waals surface area contributed by atoms with Crippen molar-refractivity contribution in [3.8, 4) is 67.5 Å². The van der Waals surface area contributed by atoms with Gasteiger partial charge in [0.15, 0.2) is 11.4 Å². The summed E-state index contributed by atoms with van der Waals surface area (Å²) >= 11 is 0. The number of benzene rings is 7. The number of nitrogens with zero attached hydrogens (tertiary/aromatic N) is 4. The van der Waals surface area contributed by atoms with Gasteiger partial charge in [0.2, 0.25) is 5.89 Å². The third-order valence-corrected chi connectivity index (χ3v) is 9.81. The molecule has 0 aliphatic heterocycles. The number of oxazole rings is 1. The third kappa shape index (κ3) is 5.61. The highest BCUT2D eigenvalue weighted by Crippen LogP contribution is 2.41. The van der Waals surface area contributed by atoms with Crippen LogP contribution in [0.3, 0.4) is 0 Å². The molecule has 0 atom stereocenters. The summed E-state index contributed by atoms with van der Waals surface area (Å²) < 4.78 is 6.04. The molecule has 5 nitrogen and oxygen atoms in total. The lowest BCUT2D eigenvalue weighted by Gasteiger charge is -2.16. The zero-order valence-corrected chi connectivity index (χ0v) is 28.5. The SMILES string of the molecule is c1ccc(-c2nc(-c3cccc(-c4c(-c5ccc(-c6ccc7oc(-c8cccnc8)nc7c6)cc5)ccc5ccccc45)c3)c3ccccc3n2)cc1. The molecule has 0 saturated carbocycles. The minimum Gasteiger partial charge on any atom is -0.436 e. The molecule has 0 amide bonds. The molecule has 3 aromatic heterocycles. The molecular weight excluding hydrogens is 649 g/mol. The van der Waals surface area contributed by atoms with E-state index in [1.54, 1.807) is 12.4 Å². The zero-order chi connectivity index (χ0) is 35.1. The molecule has 5 heteroatoms. The largest absolute Gasteiger partial charge is 0.436 e. The van der Waals surface area contributed by atoms with Crippen LogP contribution in [0.5, 0.6) is 0 Å². The highest BCUT2D eigenvalue weighted by Gasteiger charge is 2.16. The Bertz CT molecular complexity index is 2940. The van der Waals surface area contributed by atoms with Gasteiger partial charge in [0.1, 0.15) is 5.52 Å². The lowest BCUT2D eigenvalue weighted by molar-refractivity contribution is 0.619. The summed E-state index contributed by atoms with van der Waals surface area (Å²) in [4.78, 5) is 19.1. The van der Waals surface area contributed by atoms with Gasteiger partial charge in [0.05, 0.1) is 16.8 Å². The van der Waals surface area contributed by atoms with Crippen molar-refractivity contribution < 1.29 is 4.42 Å². The van der Waals surface area contributed by atoms with Crippen LogP contribution in [0, 0.1) is 0 Å². The van der Waals surface area contributed by atoms with Crippen LogP contribution in [-0.4, -0.2) is 19.9 Å². The van der Waals surface area contributed by atoms with Crippen LogP contribution in [0.15, 0.2) is 187 Å². The van der Waals surface area contributed by atoms with Crippen LogP contribution >= 0.6 is 0 Å². The molecule has 0 bridgehead atoms. The zero-order valence-electron chi connectivity index (χ0n) is 28.5. The van der Waals surface area contributed by atoms with Crippen LogP contribution in [0.4, 0.5) is 0 Å². The van der Waals surface area contributed by atoms with E-state index in [1.807, 2.05) is 42.5 Å². The van der Waals surface area contributed by atoms with Gasteiger partial charge in [-0.25, -0.2) is 15.0 Å². The first-order valence-electron chi connectivity index (χ1n) is 17.6. The fraction of sp³-hybridized carbons (Fsp3) is 0. The minimum absolute atomic E-state index is 0.568. The van der Waals surface area contributed by atoms with Crippen molar-refractivity contribution in [1.29, 1.82) is 0 Å². The van der Waals surface area contributed by atoms with Gasteiger partial charge in [-0.1, -0.05) is 133 Å². The molecule has 3 heterocycles. The molecule has 248 valence electrons. The van der Waals surface area contributed by atoms with Crippen molar-refractivity contribution in [1.82, 2.24) is 19.9 Å². The fourth-order valence-corrected chi connectivity index (χ4v) is 7.22. The van der Waals surface area contributed by atoms with E-state index in [1.165, 1.54) is 16.3 Å². The molecule has 0 spiro atoms. The maximum absolute atomic E-state index is 6.04. The molecule has 0 unspecified atom stereocenters. The molecule has 0 N–H and O–H groups in total. The molecule has 0 saturated heterocycles.